The van der Waals surface area contributed by atoms with E-state index in [1.807, 2.05) is 6.08 Å². The van der Waals surface area contributed by atoms with Gasteiger partial charge in [-0.3, -0.25) is 0 Å². The summed E-state index contributed by atoms with van der Waals surface area (Å²) < 4.78 is 10.5. The van der Waals surface area contributed by atoms with E-state index in [4.69, 9.17) is 9.47 Å². The molecule has 0 aromatic carbocycles. The molecule has 0 radical (unpaired) electrons. The Kier molecular flexibility index (Phi) is 1.60. The van der Waals surface area contributed by atoms with Crippen LogP contribution in [0, 0.1) is 5.92 Å². The highest BCUT2D eigenvalue weighted by Crippen LogP contribution is 2.30. The number of ether oxygens (including phenoxy) is 2. The van der Waals surface area contributed by atoms with Gasteiger partial charge < -0.3 is 9.47 Å². The van der Waals surface area contributed by atoms with Crippen LogP contribution in [0.2, 0.25) is 0 Å². The summed E-state index contributed by atoms with van der Waals surface area (Å²) in [5.74, 6) is 2.63. The maximum Gasteiger partial charge on any atom is 0.230 e. The molecule has 2 rings (SSSR count). The first-order chi connectivity index (χ1) is 5.40. The van der Waals surface area contributed by atoms with Gasteiger partial charge in [-0.25, -0.2) is 0 Å². The first kappa shape index (κ1) is 6.77. The number of hydrogen-bond acceptors (Lipinski definition) is 2. The molecule has 1 unspecified atom stereocenters. The van der Waals surface area contributed by atoms with Crippen molar-refractivity contribution in [3.63, 3.8) is 0 Å². The summed E-state index contributed by atoms with van der Waals surface area (Å²) in [6, 6.07) is 0. The van der Waals surface area contributed by atoms with Gasteiger partial charge in [-0.15, -0.1) is 0 Å². The SMILES string of the molecule is CCC1C=CC2=C(C1)OCO2. The fourth-order valence-electron chi connectivity index (χ4n) is 1.43. The van der Waals surface area contributed by atoms with Crippen molar-refractivity contribution in [2.24, 2.45) is 5.92 Å². The molecule has 0 aromatic rings. The van der Waals surface area contributed by atoms with Crippen molar-refractivity contribution in [3.8, 4) is 0 Å². The lowest BCUT2D eigenvalue weighted by atomic mass is 9.96. The van der Waals surface area contributed by atoms with Crippen LogP contribution in [0.3, 0.4) is 0 Å². The predicted molar refractivity (Wildman–Crippen MR) is 41.6 cm³/mol. The molecule has 0 bridgehead atoms. The van der Waals surface area contributed by atoms with Crippen molar-refractivity contribution >= 4 is 0 Å². The van der Waals surface area contributed by atoms with Crippen molar-refractivity contribution < 1.29 is 9.47 Å². The Labute approximate surface area is 66.5 Å². The number of rotatable bonds is 1. The lowest BCUT2D eigenvalue weighted by molar-refractivity contribution is 0.0718. The second kappa shape index (κ2) is 2.61. The summed E-state index contributed by atoms with van der Waals surface area (Å²) in [7, 11) is 0. The maximum atomic E-state index is 5.30. The smallest absolute Gasteiger partial charge is 0.230 e. The molecule has 0 aromatic heterocycles. The third-order valence-electron chi connectivity index (χ3n) is 2.21. The summed E-state index contributed by atoms with van der Waals surface area (Å²) in [6.07, 6.45) is 6.42. The van der Waals surface area contributed by atoms with Gasteiger partial charge in [0.25, 0.3) is 0 Å². The lowest BCUT2D eigenvalue weighted by Crippen LogP contribution is -2.02. The van der Waals surface area contributed by atoms with Crippen LogP contribution in [-0.4, -0.2) is 6.79 Å². The van der Waals surface area contributed by atoms with Gasteiger partial charge in [-0.05, 0) is 18.4 Å². The molecule has 0 spiro atoms. The minimum atomic E-state index is 0.408. The predicted octanol–water partition coefficient (Wildman–Crippen LogP) is 2.19. The molecule has 1 heterocycles. The molecule has 0 fully saturated rings. The largest absolute Gasteiger partial charge is 0.458 e. The lowest BCUT2D eigenvalue weighted by Gasteiger charge is -2.13. The summed E-state index contributed by atoms with van der Waals surface area (Å²) >= 11 is 0. The molecule has 0 N–H and O–H groups in total. The van der Waals surface area contributed by atoms with Crippen molar-refractivity contribution in [1.29, 1.82) is 0 Å². The molecule has 0 saturated heterocycles. The van der Waals surface area contributed by atoms with Gasteiger partial charge in [0.1, 0.15) is 5.76 Å². The Morgan fingerprint density at radius 2 is 2.45 bits per heavy atom. The number of allylic oxidation sites excluding steroid dienone is 3. The fourth-order valence-corrected chi connectivity index (χ4v) is 1.43. The first-order valence-corrected chi connectivity index (χ1v) is 4.07. The summed E-state index contributed by atoms with van der Waals surface area (Å²) in [5.41, 5.74) is 0. The zero-order chi connectivity index (χ0) is 7.68. The van der Waals surface area contributed by atoms with E-state index < -0.39 is 0 Å². The van der Waals surface area contributed by atoms with E-state index in [0.717, 1.165) is 17.9 Å². The molecule has 1 aliphatic carbocycles. The fraction of sp³-hybridized carbons (Fsp3) is 0.556. The zero-order valence-corrected chi connectivity index (χ0v) is 6.67. The molecule has 60 valence electrons. The van der Waals surface area contributed by atoms with Crippen LogP contribution >= 0.6 is 0 Å². The van der Waals surface area contributed by atoms with E-state index in [1.165, 1.54) is 6.42 Å². The van der Waals surface area contributed by atoms with Crippen LogP contribution in [-0.2, 0) is 9.47 Å². The normalized spacial score (nSPS) is 27.9. The molecule has 0 saturated carbocycles. The van der Waals surface area contributed by atoms with Crippen molar-refractivity contribution in [2.45, 2.75) is 19.8 Å². The quantitative estimate of drug-likeness (QED) is 0.573. The topological polar surface area (TPSA) is 18.5 Å². The van der Waals surface area contributed by atoms with Crippen molar-refractivity contribution in [1.82, 2.24) is 0 Å². The van der Waals surface area contributed by atoms with Gasteiger partial charge in [0.2, 0.25) is 6.79 Å². The van der Waals surface area contributed by atoms with Crippen LogP contribution in [0.25, 0.3) is 0 Å². The minimum Gasteiger partial charge on any atom is -0.458 e. The molecule has 0 amide bonds. The standard InChI is InChI=1S/C9H12O2/c1-2-7-3-4-8-9(5-7)11-6-10-8/h3-4,7H,2,5-6H2,1H3. The summed E-state index contributed by atoms with van der Waals surface area (Å²) in [6.45, 7) is 2.60. The van der Waals surface area contributed by atoms with Gasteiger partial charge in [0, 0.05) is 6.42 Å². The molecule has 2 heteroatoms. The highest BCUT2D eigenvalue weighted by atomic mass is 16.7. The third-order valence-corrected chi connectivity index (χ3v) is 2.21. The van der Waals surface area contributed by atoms with Crippen LogP contribution < -0.4 is 0 Å². The van der Waals surface area contributed by atoms with Gasteiger partial charge in [-0.2, -0.15) is 0 Å². The summed E-state index contributed by atoms with van der Waals surface area (Å²) in [5, 5.41) is 0. The van der Waals surface area contributed by atoms with Gasteiger partial charge in [-0.1, -0.05) is 13.0 Å². The van der Waals surface area contributed by atoms with Crippen LogP contribution in [0.4, 0.5) is 0 Å². The molecule has 1 atom stereocenters. The Morgan fingerprint density at radius 3 is 3.27 bits per heavy atom. The van der Waals surface area contributed by atoms with E-state index >= 15 is 0 Å². The maximum absolute atomic E-state index is 5.30. The molecule has 2 nitrogen and oxygen atoms in total. The first-order valence-electron chi connectivity index (χ1n) is 4.07. The van der Waals surface area contributed by atoms with E-state index in [9.17, 15) is 0 Å². The minimum absolute atomic E-state index is 0.408. The molecular formula is C9H12O2. The van der Waals surface area contributed by atoms with E-state index in [0.29, 0.717) is 12.7 Å². The highest BCUT2D eigenvalue weighted by molar-refractivity contribution is 5.24. The zero-order valence-electron chi connectivity index (χ0n) is 6.67. The van der Waals surface area contributed by atoms with Crippen LogP contribution in [0.5, 0.6) is 0 Å². The number of hydrogen-bond donors (Lipinski definition) is 0. The van der Waals surface area contributed by atoms with E-state index in [1.54, 1.807) is 0 Å². The third kappa shape index (κ3) is 1.13. The van der Waals surface area contributed by atoms with Crippen molar-refractivity contribution in [2.75, 3.05) is 6.79 Å². The average Bonchev–Trinajstić information content (AvgIpc) is 2.50. The van der Waals surface area contributed by atoms with E-state index in [2.05, 4.69) is 13.0 Å². The van der Waals surface area contributed by atoms with Crippen LogP contribution in [0.15, 0.2) is 23.7 Å². The molecular weight excluding hydrogens is 140 g/mol. The molecule has 1 aliphatic heterocycles. The Morgan fingerprint density at radius 1 is 1.55 bits per heavy atom. The average molecular weight is 152 g/mol. The Hall–Kier alpha value is -0.920. The van der Waals surface area contributed by atoms with Crippen LogP contribution in [0.1, 0.15) is 19.8 Å². The molecule has 11 heavy (non-hydrogen) atoms. The second-order valence-corrected chi connectivity index (χ2v) is 2.93. The van der Waals surface area contributed by atoms with Gasteiger partial charge in [0.05, 0.1) is 0 Å². The van der Waals surface area contributed by atoms with Gasteiger partial charge >= 0.3 is 0 Å². The van der Waals surface area contributed by atoms with Gasteiger partial charge in [0.15, 0.2) is 5.76 Å². The summed E-state index contributed by atoms with van der Waals surface area (Å²) in [4.78, 5) is 0. The highest BCUT2D eigenvalue weighted by Gasteiger charge is 2.21. The monoisotopic (exact) mass is 152 g/mol. The molecule has 2 aliphatic rings. The second-order valence-electron chi connectivity index (χ2n) is 2.93. The Bertz CT molecular complexity index is 216. The Balaban J connectivity index is 2.12. The van der Waals surface area contributed by atoms with Crippen molar-refractivity contribution in [3.05, 3.63) is 23.7 Å². The van der Waals surface area contributed by atoms with E-state index in [-0.39, 0.29) is 0 Å².